The van der Waals surface area contributed by atoms with Crippen LogP contribution in [-0.4, -0.2) is 33.5 Å². The second kappa shape index (κ2) is 4.02. The third-order valence-electron chi connectivity index (χ3n) is 2.85. The Labute approximate surface area is 87.7 Å². The zero-order valence-corrected chi connectivity index (χ0v) is 8.64. The predicted molar refractivity (Wildman–Crippen MR) is 52.3 cm³/mol. The number of likely N-dealkylation sites (tertiary alicyclic amines) is 1. The van der Waals surface area contributed by atoms with E-state index in [0.29, 0.717) is 6.54 Å². The third kappa shape index (κ3) is 2.02. The Morgan fingerprint density at radius 3 is 3.20 bits per heavy atom. The summed E-state index contributed by atoms with van der Waals surface area (Å²) in [5.41, 5.74) is 0.836. The summed E-state index contributed by atoms with van der Waals surface area (Å²) in [7, 11) is 0. The Morgan fingerprint density at radius 2 is 2.60 bits per heavy atom. The van der Waals surface area contributed by atoms with Crippen LogP contribution in [-0.2, 0) is 11.3 Å². The van der Waals surface area contributed by atoms with Crippen LogP contribution < -0.4 is 0 Å². The molecule has 1 aromatic rings. The Balaban J connectivity index is 2.06. The average Bonchev–Trinajstić information content (AvgIpc) is 2.77. The van der Waals surface area contributed by atoms with Crippen LogP contribution in [0.15, 0.2) is 10.8 Å². The molecule has 2 rings (SSSR count). The number of carboxylic acids is 1. The van der Waals surface area contributed by atoms with Gasteiger partial charge in [-0.1, -0.05) is 0 Å². The first kappa shape index (κ1) is 10.2. The Bertz CT molecular complexity index is 361. The molecule has 82 valence electrons. The molecule has 1 saturated heterocycles. The van der Waals surface area contributed by atoms with Gasteiger partial charge in [-0.25, -0.2) is 4.98 Å². The van der Waals surface area contributed by atoms with Gasteiger partial charge in [0.15, 0.2) is 6.39 Å². The normalized spacial score (nSPS) is 22.1. The molecule has 1 atom stereocenters. The molecule has 0 amide bonds. The fourth-order valence-electron chi connectivity index (χ4n) is 1.97. The van der Waals surface area contributed by atoms with Crippen LogP contribution in [0.5, 0.6) is 0 Å². The molecular weight excluding hydrogens is 196 g/mol. The van der Waals surface area contributed by atoms with Crippen molar-refractivity contribution in [2.75, 3.05) is 6.54 Å². The third-order valence-corrected chi connectivity index (χ3v) is 2.85. The molecule has 0 bridgehead atoms. The number of hydrogen-bond acceptors (Lipinski definition) is 4. The maximum Gasteiger partial charge on any atom is 0.320 e. The monoisotopic (exact) mass is 210 g/mol. The lowest BCUT2D eigenvalue weighted by Gasteiger charge is -2.19. The maximum absolute atomic E-state index is 10.9. The largest absolute Gasteiger partial charge is 0.480 e. The van der Waals surface area contributed by atoms with Crippen LogP contribution in [0.3, 0.4) is 0 Å². The van der Waals surface area contributed by atoms with E-state index in [4.69, 9.17) is 9.52 Å². The van der Waals surface area contributed by atoms with E-state index in [2.05, 4.69) is 4.98 Å². The van der Waals surface area contributed by atoms with Crippen LogP contribution >= 0.6 is 0 Å². The molecule has 2 heterocycles. The minimum Gasteiger partial charge on any atom is -0.480 e. The molecule has 1 aromatic heterocycles. The van der Waals surface area contributed by atoms with Crippen molar-refractivity contribution in [2.24, 2.45) is 0 Å². The second-order valence-corrected chi connectivity index (χ2v) is 3.82. The molecule has 1 aliphatic heterocycles. The Kier molecular flexibility index (Phi) is 2.73. The highest BCUT2D eigenvalue weighted by Gasteiger charge is 2.31. The van der Waals surface area contributed by atoms with E-state index >= 15 is 0 Å². The molecule has 0 radical (unpaired) electrons. The summed E-state index contributed by atoms with van der Waals surface area (Å²) in [6.45, 7) is 3.23. The fourth-order valence-corrected chi connectivity index (χ4v) is 1.97. The van der Waals surface area contributed by atoms with Gasteiger partial charge in [0.1, 0.15) is 11.8 Å². The van der Waals surface area contributed by atoms with Crippen molar-refractivity contribution in [3.63, 3.8) is 0 Å². The summed E-state index contributed by atoms with van der Waals surface area (Å²) in [5, 5.41) is 9.00. The summed E-state index contributed by atoms with van der Waals surface area (Å²) >= 11 is 0. The molecule has 0 spiro atoms. The van der Waals surface area contributed by atoms with Gasteiger partial charge in [-0.05, 0) is 26.3 Å². The van der Waals surface area contributed by atoms with Gasteiger partial charge in [0, 0.05) is 6.54 Å². The van der Waals surface area contributed by atoms with Gasteiger partial charge in [0.05, 0.1) is 5.69 Å². The Morgan fingerprint density at radius 1 is 1.80 bits per heavy atom. The number of rotatable bonds is 3. The number of aromatic nitrogens is 1. The van der Waals surface area contributed by atoms with E-state index in [0.717, 1.165) is 30.8 Å². The molecule has 1 unspecified atom stereocenters. The van der Waals surface area contributed by atoms with E-state index in [1.807, 2.05) is 11.8 Å². The number of carbonyl (C=O) groups is 1. The van der Waals surface area contributed by atoms with Crippen LogP contribution in [0.25, 0.3) is 0 Å². The highest BCUT2D eigenvalue weighted by atomic mass is 16.4. The molecule has 0 saturated carbocycles. The first-order valence-electron chi connectivity index (χ1n) is 5.04. The van der Waals surface area contributed by atoms with E-state index in [9.17, 15) is 4.79 Å². The average molecular weight is 210 g/mol. The molecule has 5 heteroatoms. The van der Waals surface area contributed by atoms with E-state index in [-0.39, 0.29) is 6.04 Å². The lowest BCUT2D eigenvalue weighted by molar-refractivity contribution is -0.142. The van der Waals surface area contributed by atoms with Crippen molar-refractivity contribution in [2.45, 2.75) is 32.4 Å². The predicted octanol–water partition coefficient (Wildman–Crippen LogP) is 1.03. The number of nitrogens with zero attached hydrogens (tertiary/aromatic N) is 2. The number of oxazole rings is 1. The molecular formula is C10H14N2O3. The molecule has 15 heavy (non-hydrogen) atoms. The number of aryl methyl sites for hydroxylation is 1. The van der Waals surface area contributed by atoms with Gasteiger partial charge in [-0.15, -0.1) is 0 Å². The van der Waals surface area contributed by atoms with Crippen molar-refractivity contribution in [1.82, 2.24) is 9.88 Å². The smallest absolute Gasteiger partial charge is 0.320 e. The SMILES string of the molecule is Cc1ocnc1CN1CCCC1C(=O)O. The van der Waals surface area contributed by atoms with Gasteiger partial charge in [-0.2, -0.15) is 0 Å². The number of hydrogen-bond donors (Lipinski definition) is 1. The first-order chi connectivity index (χ1) is 7.18. The number of aliphatic carboxylic acids is 1. The van der Waals surface area contributed by atoms with Crippen LogP contribution in [0, 0.1) is 6.92 Å². The van der Waals surface area contributed by atoms with Crippen molar-refractivity contribution in [1.29, 1.82) is 0 Å². The van der Waals surface area contributed by atoms with Gasteiger partial charge in [0.25, 0.3) is 0 Å². The van der Waals surface area contributed by atoms with Gasteiger partial charge in [-0.3, -0.25) is 9.69 Å². The zero-order chi connectivity index (χ0) is 10.8. The van der Waals surface area contributed by atoms with Crippen LogP contribution in [0.1, 0.15) is 24.3 Å². The summed E-state index contributed by atoms with van der Waals surface area (Å²) in [6, 6.07) is -0.360. The summed E-state index contributed by atoms with van der Waals surface area (Å²) < 4.78 is 5.09. The van der Waals surface area contributed by atoms with Gasteiger partial charge < -0.3 is 9.52 Å². The van der Waals surface area contributed by atoms with Crippen molar-refractivity contribution in [3.05, 3.63) is 17.8 Å². The van der Waals surface area contributed by atoms with Gasteiger partial charge >= 0.3 is 5.97 Å². The Hall–Kier alpha value is -1.36. The summed E-state index contributed by atoms with van der Waals surface area (Å²) in [4.78, 5) is 16.9. The van der Waals surface area contributed by atoms with Gasteiger partial charge in [0.2, 0.25) is 0 Å². The van der Waals surface area contributed by atoms with E-state index in [1.165, 1.54) is 6.39 Å². The van der Waals surface area contributed by atoms with Crippen molar-refractivity contribution in [3.8, 4) is 0 Å². The molecule has 0 aliphatic carbocycles. The molecule has 1 aliphatic rings. The molecule has 1 N–H and O–H groups in total. The van der Waals surface area contributed by atoms with Crippen molar-refractivity contribution >= 4 is 5.97 Å². The second-order valence-electron chi connectivity index (χ2n) is 3.82. The summed E-state index contributed by atoms with van der Waals surface area (Å²) in [5.74, 6) is 0.0275. The molecule has 0 aromatic carbocycles. The van der Waals surface area contributed by atoms with E-state index < -0.39 is 5.97 Å². The van der Waals surface area contributed by atoms with E-state index in [1.54, 1.807) is 0 Å². The lowest BCUT2D eigenvalue weighted by atomic mass is 10.2. The number of carboxylic acid groups (broad SMARTS) is 1. The first-order valence-corrected chi connectivity index (χ1v) is 5.04. The maximum atomic E-state index is 10.9. The zero-order valence-electron chi connectivity index (χ0n) is 8.64. The minimum absolute atomic E-state index is 0.360. The topological polar surface area (TPSA) is 66.6 Å². The highest BCUT2D eigenvalue weighted by molar-refractivity contribution is 5.73. The lowest BCUT2D eigenvalue weighted by Crippen LogP contribution is -2.35. The fraction of sp³-hybridized carbons (Fsp3) is 0.600. The van der Waals surface area contributed by atoms with Crippen LogP contribution in [0.2, 0.25) is 0 Å². The molecule has 1 fully saturated rings. The summed E-state index contributed by atoms with van der Waals surface area (Å²) in [6.07, 6.45) is 3.07. The van der Waals surface area contributed by atoms with Crippen molar-refractivity contribution < 1.29 is 14.3 Å². The molecule has 5 nitrogen and oxygen atoms in total. The standard InChI is InChI=1S/C10H14N2O3/c1-7-8(11-6-15-7)5-12-4-2-3-9(12)10(13)14/h6,9H,2-5H2,1H3,(H,13,14). The quantitative estimate of drug-likeness (QED) is 0.807. The highest BCUT2D eigenvalue weighted by Crippen LogP contribution is 2.20. The van der Waals surface area contributed by atoms with Crippen LogP contribution in [0.4, 0.5) is 0 Å². The minimum atomic E-state index is -0.742.